The molecule has 0 bridgehead atoms. The number of hydrogen-bond acceptors (Lipinski definition) is 9. The van der Waals surface area contributed by atoms with E-state index >= 15 is 0 Å². The molecule has 18 heteroatoms. The van der Waals surface area contributed by atoms with Crippen molar-refractivity contribution >= 4 is 46.4 Å². The van der Waals surface area contributed by atoms with Crippen LogP contribution in [0.4, 0.5) is 26.3 Å². The first-order valence-corrected chi connectivity index (χ1v) is 14.9. The van der Waals surface area contributed by atoms with E-state index in [1.165, 1.54) is 7.11 Å². The number of piperidine rings is 1. The molecule has 2 aromatic heterocycles. The standard InChI is InChI=1S/C27H26Cl2F6N4O5S/c1-12-7-5-6-10-39(12)22(40)18-19(45-21(37-18)20-36-15(44-38-20)11-24(2,3)23(41)43-4)13-8-9-14(17(29)16(13)28)25(42,26(30,31)32)27(33,34)35/h8-9,12,42H,5-7,10-11H2,1-4H3. The van der Waals surface area contributed by atoms with Crippen molar-refractivity contribution in [3.63, 3.8) is 0 Å². The van der Waals surface area contributed by atoms with Crippen molar-refractivity contribution in [3.05, 3.63) is 39.3 Å². The number of ether oxygens (including phenoxy) is 1. The Morgan fingerprint density at radius 2 is 1.73 bits per heavy atom. The number of carbonyl (C=O) groups is 2. The van der Waals surface area contributed by atoms with Gasteiger partial charge in [-0.3, -0.25) is 9.59 Å². The van der Waals surface area contributed by atoms with Gasteiger partial charge in [-0.25, -0.2) is 4.98 Å². The highest BCUT2D eigenvalue weighted by molar-refractivity contribution is 7.18. The number of carbonyl (C=O) groups excluding carboxylic acids is 2. The second kappa shape index (κ2) is 12.3. The molecule has 246 valence electrons. The number of halogens is 8. The lowest BCUT2D eigenvalue weighted by atomic mass is 9.89. The average molecular weight is 703 g/mol. The number of methoxy groups -OCH3 is 1. The van der Waals surface area contributed by atoms with Crippen LogP contribution in [0.5, 0.6) is 0 Å². The van der Waals surface area contributed by atoms with E-state index in [-0.39, 0.29) is 45.3 Å². The van der Waals surface area contributed by atoms with E-state index in [2.05, 4.69) is 15.1 Å². The van der Waals surface area contributed by atoms with Crippen LogP contribution in [0.25, 0.3) is 21.3 Å². The second-order valence-corrected chi connectivity index (χ2v) is 12.9. The van der Waals surface area contributed by atoms with E-state index < -0.39 is 50.9 Å². The molecule has 4 rings (SSSR count). The summed E-state index contributed by atoms with van der Waals surface area (Å²) in [5, 5.41) is 11.8. The number of benzene rings is 1. The lowest BCUT2D eigenvalue weighted by Crippen LogP contribution is -2.54. The Labute approximate surface area is 266 Å². The maximum Gasteiger partial charge on any atom is 0.430 e. The van der Waals surface area contributed by atoms with Crippen LogP contribution < -0.4 is 0 Å². The van der Waals surface area contributed by atoms with Crippen LogP contribution in [-0.2, 0) is 21.6 Å². The number of aliphatic hydroxyl groups is 1. The Bertz CT molecular complexity index is 1590. The predicted molar refractivity (Wildman–Crippen MR) is 151 cm³/mol. The van der Waals surface area contributed by atoms with Gasteiger partial charge < -0.3 is 19.3 Å². The Balaban J connectivity index is 1.86. The Kier molecular flexibility index (Phi) is 9.57. The van der Waals surface area contributed by atoms with Gasteiger partial charge in [-0.15, -0.1) is 11.3 Å². The van der Waals surface area contributed by atoms with Gasteiger partial charge in [-0.2, -0.15) is 31.3 Å². The number of nitrogens with zero attached hydrogens (tertiary/aromatic N) is 4. The molecule has 1 saturated heterocycles. The quantitative estimate of drug-likeness (QED) is 0.202. The monoisotopic (exact) mass is 702 g/mol. The zero-order valence-electron chi connectivity index (χ0n) is 24.1. The van der Waals surface area contributed by atoms with Crippen molar-refractivity contribution < 1.29 is 50.3 Å². The van der Waals surface area contributed by atoms with Gasteiger partial charge in [-0.1, -0.05) is 40.5 Å². The molecule has 0 saturated carbocycles. The first-order chi connectivity index (χ1) is 20.7. The fourth-order valence-corrected chi connectivity index (χ4v) is 6.52. The Morgan fingerprint density at radius 1 is 1.09 bits per heavy atom. The van der Waals surface area contributed by atoms with Gasteiger partial charge in [0.05, 0.1) is 27.4 Å². The lowest BCUT2D eigenvalue weighted by Gasteiger charge is -2.34. The number of aromatic nitrogens is 3. The molecule has 1 atom stereocenters. The molecule has 1 aromatic carbocycles. The molecule has 3 aromatic rings. The third-order valence-electron chi connectivity index (χ3n) is 7.42. The molecular weight excluding hydrogens is 677 g/mol. The summed E-state index contributed by atoms with van der Waals surface area (Å²) in [4.78, 5) is 36.0. The highest BCUT2D eigenvalue weighted by Gasteiger charge is 2.72. The fourth-order valence-electron chi connectivity index (χ4n) is 4.89. The zero-order chi connectivity index (χ0) is 33.7. The van der Waals surface area contributed by atoms with Crippen LogP contribution in [0.1, 0.15) is 62.0 Å². The van der Waals surface area contributed by atoms with Crippen LogP contribution in [0.15, 0.2) is 16.7 Å². The molecule has 0 spiro atoms. The summed E-state index contributed by atoms with van der Waals surface area (Å²) < 4.78 is 91.7. The second-order valence-electron chi connectivity index (χ2n) is 11.1. The van der Waals surface area contributed by atoms with E-state index in [1.54, 1.807) is 18.7 Å². The molecule has 9 nitrogen and oxygen atoms in total. The van der Waals surface area contributed by atoms with Gasteiger partial charge >= 0.3 is 18.3 Å². The van der Waals surface area contributed by atoms with Crippen LogP contribution in [0, 0.1) is 5.41 Å². The molecule has 1 unspecified atom stereocenters. The molecule has 3 heterocycles. The maximum atomic E-state index is 13.8. The smallest absolute Gasteiger partial charge is 0.430 e. The highest BCUT2D eigenvalue weighted by atomic mass is 35.5. The zero-order valence-corrected chi connectivity index (χ0v) is 26.4. The first-order valence-electron chi connectivity index (χ1n) is 13.3. The Morgan fingerprint density at radius 3 is 2.31 bits per heavy atom. The number of hydrogen-bond donors (Lipinski definition) is 1. The summed E-state index contributed by atoms with van der Waals surface area (Å²) >= 11 is 13.0. The molecule has 1 aliphatic heterocycles. The van der Waals surface area contributed by atoms with Crippen LogP contribution in [-0.4, -0.2) is 69.1 Å². The Hall–Kier alpha value is -2.95. The van der Waals surface area contributed by atoms with Crippen LogP contribution in [0.2, 0.25) is 10.0 Å². The summed E-state index contributed by atoms with van der Waals surface area (Å²) in [5.74, 6) is -1.20. The lowest BCUT2D eigenvalue weighted by molar-refractivity contribution is -0.376. The molecule has 0 radical (unpaired) electrons. The van der Waals surface area contributed by atoms with Crippen molar-refractivity contribution in [3.8, 4) is 21.3 Å². The van der Waals surface area contributed by atoms with Crippen LogP contribution in [0.3, 0.4) is 0 Å². The van der Waals surface area contributed by atoms with Crippen molar-refractivity contribution in [2.75, 3.05) is 13.7 Å². The number of likely N-dealkylation sites (tertiary alicyclic amines) is 1. The minimum Gasteiger partial charge on any atom is -0.469 e. The van der Waals surface area contributed by atoms with Crippen LogP contribution >= 0.6 is 34.5 Å². The number of esters is 1. The molecule has 45 heavy (non-hydrogen) atoms. The van der Waals surface area contributed by atoms with Gasteiger partial charge in [-0.05, 0) is 40.0 Å². The third-order valence-corrected chi connectivity index (χ3v) is 9.39. The molecule has 1 N–H and O–H groups in total. The number of thiazole rings is 1. The predicted octanol–water partition coefficient (Wildman–Crippen LogP) is 7.24. The molecular formula is C27H26Cl2F6N4O5S. The number of rotatable bonds is 7. The van der Waals surface area contributed by atoms with Gasteiger partial charge in [0.25, 0.3) is 11.5 Å². The maximum absolute atomic E-state index is 13.8. The van der Waals surface area contributed by atoms with Gasteiger partial charge in [0.15, 0.2) is 5.01 Å². The summed E-state index contributed by atoms with van der Waals surface area (Å²) in [6, 6.07) is 0.945. The third kappa shape index (κ3) is 6.38. The van der Waals surface area contributed by atoms with E-state index in [0.717, 1.165) is 23.8 Å². The first kappa shape index (κ1) is 34.9. The molecule has 1 aliphatic rings. The van der Waals surface area contributed by atoms with Crippen molar-refractivity contribution in [1.82, 2.24) is 20.0 Å². The van der Waals surface area contributed by atoms with E-state index in [1.807, 2.05) is 6.92 Å². The number of alkyl halides is 6. The minimum atomic E-state index is -6.21. The van der Waals surface area contributed by atoms with Gasteiger partial charge in [0.2, 0.25) is 11.7 Å². The summed E-state index contributed by atoms with van der Waals surface area (Å²) in [5.41, 5.74) is -8.56. The summed E-state index contributed by atoms with van der Waals surface area (Å²) in [6.45, 7) is 5.38. The minimum absolute atomic E-state index is 0.00207. The van der Waals surface area contributed by atoms with Gasteiger partial charge in [0, 0.05) is 30.1 Å². The SMILES string of the molecule is COC(=O)C(C)(C)Cc1nc(-c2nc(C(=O)N3CCCCC3C)c(-c3ccc(C(O)(C(F)(F)F)C(F)(F)F)c(Cl)c3Cl)s2)no1. The summed E-state index contributed by atoms with van der Waals surface area (Å²) in [6.07, 6.45) is -10.2. The van der Waals surface area contributed by atoms with Crippen molar-refractivity contribution in [2.24, 2.45) is 5.41 Å². The van der Waals surface area contributed by atoms with E-state index in [0.29, 0.717) is 25.5 Å². The summed E-state index contributed by atoms with van der Waals surface area (Å²) in [7, 11) is 1.22. The van der Waals surface area contributed by atoms with E-state index in [9.17, 15) is 41.0 Å². The fraction of sp³-hybridized carbons (Fsp3) is 0.519. The molecule has 1 amide bonds. The normalized spacial score (nSPS) is 16.6. The largest absolute Gasteiger partial charge is 0.469 e. The number of amides is 1. The van der Waals surface area contributed by atoms with Gasteiger partial charge in [0.1, 0.15) is 5.69 Å². The average Bonchev–Trinajstić information content (AvgIpc) is 3.59. The molecule has 0 aliphatic carbocycles. The van der Waals surface area contributed by atoms with E-state index in [4.69, 9.17) is 32.5 Å². The van der Waals surface area contributed by atoms with Crippen molar-refractivity contribution in [2.45, 2.75) is 70.4 Å². The highest BCUT2D eigenvalue weighted by Crippen LogP contribution is 2.54. The molecule has 1 fully saturated rings. The topological polar surface area (TPSA) is 119 Å². The van der Waals surface area contributed by atoms with Crippen molar-refractivity contribution in [1.29, 1.82) is 0 Å².